The van der Waals surface area contributed by atoms with Gasteiger partial charge in [0.15, 0.2) is 6.61 Å². The number of hydrogen-bond acceptors (Lipinski definition) is 6. The van der Waals surface area contributed by atoms with Gasteiger partial charge in [-0.05, 0) is 41.8 Å². The first-order valence-electron chi connectivity index (χ1n) is 11.0. The van der Waals surface area contributed by atoms with Gasteiger partial charge in [0.05, 0.1) is 17.7 Å². The summed E-state index contributed by atoms with van der Waals surface area (Å²) in [5.74, 6) is -1.08. The first kappa shape index (κ1) is 24.3. The highest BCUT2D eigenvalue weighted by Gasteiger charge is 2.32. The first-order chi connectivity index (χ1) is 16.8. The van der Waals surface area contributed by atoms with E-state index >= 15 is 0 Å². The summed E-state index contributed by atoms with van der Waals surface area (Å²) in [5, 5.41) is 0. The van der Waals surface area contributed by atoms with E-state index in [1.54, 1.807) is 19.2 Å². The number of carbonyl (C=O) groups excluding carboxylic acids is 2. The fourth-order valence-corrected chi connectivity index (χ4v) is 5.48. The van der Waals surface area contributed by atoms with Crippen LogP contribution in [0.25, 0.3) is 0 Å². The van der Waals surface area contributed by atoms with Crippen LogP contribution in [0.4, 0.5) is 5.69 Å². The Morgan fingerprint density at radius 1 is 1.00 bits per heavy atom. The number of rotatable bonds is 8. The van der Waals surface area contributed by atoms with Gasteiger partial charge in [-0.2, -0.15) is 0 Å². The normalized spacial score (nSPS) is 12.7. The molecule has 182 valence electrons. The maximum atomic E-state index is 13.4. The lowest BCUT2D eigenvalue weighted by Crippen LogP contribution is -2.31. The minimum Gasteiger partial charge on any atom is -0.496 e. The van der Waals surface area contributed by atoms with Crippen molar-refractivity contribution in [2.75, 3.05) is 31.6 Å². The largest absolute Gasteiger partial charge is 0.496 e. The van der Waals surface area contributed by atoms with Crippen molar-refractivity contribution in [3.05, 3.63) is 89.5 Å². The number of carbonyl (C=O) groups is 2. The van der Waals surface area contributed by atoms with Crippen LogP contribution in [0.15, 0.2) is 77.7 Å². The predicted molar refractivity (Wildman–Crippen MR) is 131 cm³/mol. The van der Waals surface area contributed by atoms with E-state index in [9.17, 15) is 18.0 Å². The molecule has 0 bridgehead atoms. The van der Waals surface area contributed by atoms with Gasteiger partial charge in [-0.15, -0.1) is 0 Å². The molecule has 35 heavy (non-hydrogen) atoms. The van der Waals surface area contributed by atoms with Crippen LogP contribution in [0.2, 0.25) is 0 Å². The number of methoxy groups -OCH3 is 1. The highest BCUT2D eigenvalue weighted by Crippen LogP contribution is 2.34. The van der Waals surface area contributed by atoms with Crippen molar-refractivity contribution in [1.29, 1.82) is 0 Å². The zero-order valence-corrected chi connectivity index (χ0v) is 20.3. The lowest BCUT2D eigenvalue weighted by Gasteiger charge is -2.20. The number of sulfonamides is 1. The van der Waals surface area contributed by atoms with E-state index in [1.807, 2.05) is 42.5 Å². The van der Waals surface area contributed by atoms with E-state index in [2.05, 4.69) is 0 Å². The third-order valence-electron chi connectivity index (χ3n) is 5.84. The van der Waals surface area contributed by atoms with Crippen molar-refractivity contribution >= 4 is 27.6 Å². The third-order valence-corrected chi connectivity index (χ3v) is 7.65. The van der Waals surface area contributed by atoms with Gasteiger partial charge >= 0.3 is 5.97 Å². The van der Waals surface area contributed by atoms with Crippen LogP contribution in [0, 0.1) is 0 Å². The Morgan fingerprint density at radius 3 is 2.46 bits per heavy atom. The molecule has 8 nitrogen and oxygen atoms in total. The zero-order valence-electron chi connectivity index (χ0n) is 19.5. The average Bonchev–Trinajstić information content (AvgIpc) is 3.32. The number of likely N-dealkylation sites (N-methyl/N-ethyl adjacent to an activating group) is 1. The molecule has 0 atom stereocenters. The Hall–Kier alpha value is -3.85. The van der Waals surface area contributed by atoms with Crippen LogP contribution in [0.3, 0.4) is 0 Å². The molecule has 0 unspecified atom stereocenters. The summed E-state index contributed by atoms with van der Waals surface area (Å²) in [6.07, 6.45) is 0.610. The van der Waals surface area contributed by atoms with Gasteiger partial charge in [0.25, 0.3) is 15.9 Å². The molecule has 0 aromatic heterocycles. The average molecular weight is 495 g/mol. The number of hydrogen-bond donors (Lipinski definition) is 0. The Balaban J connectivity index is 1.50. The molecule has 1 aliphatic rings. The molecule has 3 aromatic carbocycles. The molecule has 9 heteroatoms. The highest BCUT2D eigenvalue weighted by atomic mass is 32.2. The van der Waals surface area contributed by atoms with Gasteiger partial charge in [0, 0.05) is 20.1 Å². The quantitative estimate of drug-likeness (QED) is 0.447. The molecular weight excluding hydrogens is 468 g/mol. The van der Waals surface area contributed by atoms with Crippen LogP contribution < -0.4 is 9.04 Å². The standard InChI is InChI=1S/C26H26N2O6S/c1-27(17-19-8-4-3-5-9-19)25(29)18-34-26(30)22-16-21(12-13-24(22)33-2)35(31,32)28-15-14-20-10-6-7-11-23(20)28/h3-13,16H,14-15,17-18H2,1-2H3. The maximum absolute atomic E-state index is 13.4. The van der Waals surface area contributed by atoms with Crippen molar-refractivity contribution in [1.82, 2.24) is 4.90 Å². The summed E-state index contributed by atoms with van der Waals surface area (Å²) >= 11 is 0. The lowest BCUT2D eigenvalue weighted by molar-refractivity contribution is -0.133. The topological polar surface area (TPSA) is 93.2 Å². The van der Waals surface area contributed by atoms with Crippen molar-refractivity contribution in [2.24, 2.45) is 0 Å². The van der Waals surface area contributed by atoms with Gasteiger partial charge in [-0.3, -0.25) is 9.10 Å². The Bertz CT molecular complexity index is 1340. The van der Waals surface area contributed by atoms with Gasteiger partial charge < -0.3 is 14.4 Å². The number of fused-ring (bicyclic) bond motifs is 1. The van der Waals surface area contributed by atoms with Crippen molar-refractivity contribution < 1.29 is 27.5 Å². The number of benzene rings is 3. The molecule has 0 N–H and O–H groups in total. The minimum absolute atomic E-state index is 0.0607. The van der Waals surface area contributed by atoms with Crippen LogP contribution in [-0.4, -0.2) is 52.5 Å². The number of ether oxygens (including phenoxy) is 2. The second kappa shape index (κ2) is 10.2. The molecule has 0 spiro atoms. The van der Waals surface area contributed by atoms with Crippen LogP contribution in [-0.2, 0) is 32.5 Å². The highest BCUT2D eigenvalue weighted by molar-refractivity contribution is 7.92. The number of para-hydroxylation sites is 1. The number of anilines is 1. The van der Waals surface area contributed by atoms with Crippen LogP contribution in [0.5, 0.6) is 5.75 Å². The fourth-order valence-electron chi connectivity index (χ4n) is 3.95. The summed E-state index contributed by atoms with van der Waals surface area (Å²) in [4.78, 5) is 26.7. The van der Waals surface area contributed by atoms with E-state index in [4.69, 9.17) is 9.47 Å². The first-order valence-corrected chi connectivity index (χ1v) is 12.5. The van der Waals surface area contributed by atoms with E-state index in [1.165, 1.54) is 34.5 Å². The molecule has 0 saturated carbocycles. The smallest absolute Gasteiger partial charge is 0.342 e. The van der Waals surface area contributed by atoms with E-state index in [0.717, 1.165) is 11.1 Å². The molecule has 4 rings (SSSR count). The number of amides is 1. The van der Waals surface area contributed by atoms with Gasteiger partial charge in [0.2, 0.25) is 0 Å². The summed E-state index contributed by atoms with van der Waals surface area (Å²) in [5.41, 5.74) is 2.44. The van der Waals surface area contributed by atoms with E-state index in [-0.39, 0.29) is 16.2 Å². The fraction of sp³-hybridized carbons (Fsp3) is 0.231. The van der Waals surface area contributed by atoms with Gasteiger partial charge in [-0.25, -0.2) is 13.2 Å². The van der Waals surface area contributed by atoms with Gasteiger partial charge in [0.1, 0.15) is 11.3 Å². The Labute approximate surface area is 204 Å². The molecular formula is C26H26N2O6S. The zero-order chi connectivity index (χ0) is 25.0. The van der Waals surface area contributed by atoms with Gasteiger partial charge in [-0.1, -0.05) is 48.5 Å². The minimum atomic E-state index is -3.92. The van der Waals surface area contributed by atoms with Crippen molar-refractivity contribution in [2.45, 2.75) is 17.9 Å². The molecule has 1 amide bonds. The lowest BCUT2D eigenvalue weighted by atomic mass is 10.2. The van der Waals surface area contributed by atoms with Crippen molar-refractivity contribution in [3.63, 3.8) is 0 Å². The number of esters is 1. The maximum Gasteiger partial charge on any atom is 0.342 e. The summed E-state index contributed by atoms with van der Waals surface area (Å²) in [6.45, 7) is 0.198. The molecule has 0 radical (unpaired) electrons. The van der Waals surface area contributed by atoms with Crippen LogP contribution in [0.1, 0.15) is 21.5 Å². The predicted octanol–water partition coefficient (Wildman–Crippen LogP) is 3.26. The third kappa shape index (κ3) is 5.14. The Morgan fingerprint density at radius 2 is 1.71 bits per heavy atom. The molecule has 3 aromatic rings. The number of nitrogens with zero attached hydrogens (tertiary/aromatic N) is 2. The monoisotopic (exact) mass is 494 g/mol. The van der Waals surface area contributed by atoms with E-state index < -0.39 is 28.5 Å². The molecule has 0 saturated heterocycles. The second-order valence-electron chi connectivity index (χ2n) is 8.13. The van der Waals surface area contributed by atoms with E-state index in [0.29, 0.717) is 25.2 Å². The molecule has 0 fully saturated rings. The van der Waals surface area contributed by atoms with Crippen molar-refractivity contribution in [3.8, 4) is 5.75 Å². The molecule has 1 heterocycles. The SMILES string of the molecule is COc1ccc(S(=O)(=O)N2CCc3ccccc32)cc1C(=O)OCC(=O)N(C)Cc1ccccc1. The Kier molecular flexibility index (Phi) is 7.07. The summed E-state index contributed by atoms with van der Waals surface area (Å²) in [6, 6.07) is 20.8. The molecule has 0 aliphatic carbocycles. The molecule has 1 aliphatic heterocycles. The van der Waals surface area contributed by atoms with Crippen LogP contribution >= 0.6 is 0 Å². The summed E-state index contributed by atoms with van der Waals surface area (Å²) in [7, 11) is -0.931. The second-order valence-corrected chi connectivity index (χ2v) is 9.99. The summed E-state index contributed by atoms with van der Waals surface area (Å²) < 4.78 is 38.5.